The molecule has 0 heterocycles. The minimum absolute atomic E-state index is 0.0530. The van der Waals surface area contributed by atoms with Crippen LogP contribution in [-0.2, 0) is 14.6 Å². The van der Waals surface area contributed by atoms with Crippen LogP contribution in [0.5, 0.6) is 0 Å². The Kier molecular flexibility index (Phi) is 5.92. The van der Waals surface area contributed by atoms with Gasteiger partial charge in [-0.25, -0.2) is 8.42 Å². The Balaban J connectivity index is 2.78. The molecule has 21 heavy (non-hydrogen) atoms. The van der Waals surface area contributed by atoms with E-state index in [0.717, 1.165) is 5.56 Å². The second kappa shape index (κ2) is 7.04. The van der Waals surface area contributed by atoms with E-state index in [1.165, 1.54) is 11.2 Å². The van der Waals surface area contributed by atoms with Crippen LogP contribution in [0.4, 0.5) is 0 Å². The summed E-state index contributed by atoms with van der Waals surface area (Å²) in [6.45, 7) is 3.49. The molecule has 0 fully saturated rings. The monoisotopic (exact) mass is 312 g/mol. The smallest absolute Gasteiger partial charge is 0.227 e. The fourth-order valence-electron chi connectivity index (χ4n) is 2.21. The molecule has 0 aliphatic carbocycles. The number of carbonyl (C=O) groups is 1. The molecule has 0 radical (unpaired) electrons. The van der Waals surface area contributed by atoms with Crippen LogP contribution in [-0.4, -0.2) is 44.3 Å². The van der Waals surface area contributed by atoms with Crippen LogP contribution < -0.4 is 5.73 Å². The SMILES string of the molecule is CC(C(=O)N(C)C(C)CS(C)(=O)=O)C(N)c1ccccc1. The molecule has 0 bridgehead atoms. The number of nitrogens with two attached hydrogens (primary N) is 1. The quantitative estimate of drug-likeness (QED) is 0.856. The molecule has 3 unspecified atom stereocenters. The molecule has 1 aromatic carbocycles. The van der Waals surface area contributed by atoms with Crippen LogP contribution in [0, 0.1) is 5.92 Å². The molecular weight excluding hydrogens is 288 g/mol. The van der Waals surface area contributed by atoms with Crippen molar-refractivity contribution in [1.29, 1.82) is 0 Å². The first-order chi connectivity index (χ1) is 9.63. The fraction of sp³-hybridized carbons (Fsp3) is 0.533. The van der Waals surface area contributed by atoms with Gasteiger partial charge in [0.15, 0.2) is 0 Å². The first-order valence-corrected chi connectivity index (χ1v) is 8.94. The number of rotatable bonds is 6. The zero-order valence-electron chi connectivity index (χ0n) is 13.0. The van der Waals surface area contributed by atoms with Crippen molar-refractivity contribution in [3.8, 4) is 0 Å². The molecule has 5 nitrogen and oxygen atoms in total. The Bertz CT molecular complexity index is 572. The van der Waals surface area contributed by atoms with Gasteiger partial charge in [0.2, 0.25) is 5.91 Å². The summed E-state index contributed by atoms with van der Waals surface area (Å²) >= 11 is 0. The summed E-state index contributed by atoms with van der Waals surface area (Å²) in [5.74, 6) is -0.621. The summed E-state index contributed by atoms with van der Waals surface area (Å²) in [4.78, 5) is 13.9. The van der Waals surface area contributed by atoms with Gasteiger partial charge in [-0.1, -0.05) is 37.3 Å². The Labute approximate surface area is 127 Å². The van der Waals surface area contributed by atoms with E-state index in [-0.39, 0.29) is 17.7 Å². The predicted octanol–water partition coefficient (Wildman–Crippen LogP) is 1.21. The van der Waals surface area contributed by atoms with E-state index in [0.29, 0.717) is 0 Å². The van der Waals surface area contributed by atoms with Gasteiger partial charge in [-0.3, -0.25) is 4.79 Å². The molecule has 118 valence electrons. The summed E-state index contributed by atoms with van der Waals surface area (Å²) < 4.78 is 22.7. The van der Waals surface area contributed by atoms with E-state index in [4.69, 9.17) is 5.73 Å². The zero-order chi connectivity index (χ0) is 16.2. The molecule has 6 heteroatoms. The van der Waals surface area contributed by atoms with E-state index in [2.05, 4.69) is 0 Å². The van der Waals surface area contributed by atoms with E-state index in [1.807, 2.05) is 30.3 Å². The summed E-state index contributed by atoms with van der Waals surface area (Å²) in [5.41, 5.74) is 7.03. The lowest BCUT2D eigenvalue weighted by atomic mass is 9.94. The van der Waals surface area contributed by atoms with Gasteiger partial charge in [0, 0.05) is 25.4 Å². The van der Waals surface area contributed by atoms with Crippen LogP contribution in [0.25, 0.3) is 0 Å². The van der Waals surface area contributed by atoms with Crippen LogP contribution >= 0.6 is 0 Å². The van der Waals surface area contributed by atoms with E-state index >= 15 is 0 Å². The lowest BCUT2D eigenvalue weighted by molar-refractivity contribution is -0.135. The molecule has 0 aromatic heterocycles. The van der Waals surface area contributed by atoms with Crippen molar-refractivity contribution < 1.29 is 13.2 Å². The number of sulfone groups is 1. The number of amides is 1. The lowest BCUT2D eigenvalue weighted by Gasteiger charge is -2.29. The second-order valence-electron chi connectivity index (χ2n) is 5.62. The first kappa shape index (κ1) is 17.7. The van der Waals surface area contributed by atoms with Crippen molar-refractivity contribution in [2.24, 2.45) is 11.7 Å². The normalized spacial score (nSPS) is 16.0. The Morgan fingerprint density at radius 1 is 1.24 bits per heavy atom. The van der Waals surface area contributed by atoms with Gasteiger partial charge in [0.05, 0.1) is 11.7 Å². The topological polar surface area (TPSA) is 80.5 Å². The Morgan fingerprint density at radius 3 is 2.24 bits per heavy atom. The summed E-state index contributed by atoms with van der Waals surface area (Å²) in [7, 11) is -1.51. The molecule has 1 aromatic rings. The van der Waals surface area contributed by atoms with E-state index in [1.54, 1.807) is 20.9 Å². The Hall–Kier alpha value is -1.40. The minimum atomic E-state index is -3.13. The van der Waals surface area contributed by atoms with Crippen molar-refractivity contribution in [1.82, 2.24) is 4.90 Å². The van der Waals surface area contributed by atoms with Crippen molar-refractivity contribution in [3.63, 3.8) is 0 Å². The molecular formula is C15H24N2O3S. The molecule has 0 aliphatic rings. The highest BCUT2D eigenvalue weighted by molar-refractivity contribution is 7.90. The lowest BCUT2D eigenvalue weighted by Crippen LogP contribution is -2.44. The maximum absolute atomic E-state index is 12.4. The second-order valence-corrected chi connectivity index (χ2v) is 7.80. The molecule has 0 aliphatic heterocycles. The van der Waals surface area contributed by atoms with Gasteiger partial charge in [0.25, 0.3) is 0 Å². The van der Waals surface area contributed by atoms with Gasteiger partial charge in [-0.2, -0.15) is 0 Å². The summed E-state index contributed by atoms with van der Waals surface area (Å²) in [6.07, 6.45) is 1.17. The number of hydrogen-bond donors (Lipinski definition) is 1. The number of carbonyl (C=O) groups excluding carboxylic acids is 1. The molecule has 1 amide bonds. The average molecular weight is 312 g/mol. The van der Waals surface area contributed by atoms with Gasteiger partial charge < -0.3 is 10.6 Å². The van der Waals surface area contributed by atoms with Gasteiger partial charge >= 0.3 is 0 Å². The first-order valence-electron chi connectivity index (χ1n) is 6.88. The standard InChI is InChI=1S/C15H24N2O3S/c1-11(10-21(4,19)20)17(3)15(18)12(2)14(16)13-8-6-5-7-9-13/h5-9,11-12,14H,10,16H2,1-4H3. The maximum Gasteiger partial charge on any atom is 0.227 e. The number of nitrogens with zero attached hydrogens (tertiary/aromatic N) is 1. The van der Waals surface area contributed by atoms with Crippen molar-refractivity contribution in [3.05, 3.63) is 35.9 Å². The van der Waals surface area contributed by atoms with Crippen molar-refractivity contribution in [2.75, 3.05) is 19.1 Å². The highest BCUT2D eigenvalue weighted by Crippen LogP contribution is 2.21. The molecule has 3 atom stereocenters. The maximum atomic E-state index is 12.4. The third-order valence-corrected chi connectivity index (χ3v) is 4.75. The van der Waals surface area contributed by atoms with E-state index < -0.39 is 21.8 Å². The number of hydrogen-bond acceptors (Lipinski definition) is 4. The molecule has 0 saturated heterocycles. The number of benzene rings is 1. The summed E-state index contributed by atoms with van der Waals surface area (Å²) in [6, 6.07) is 8.63. The largest absolute Gasteiger partial charge is 0.342 e. The minimum Gasteiger partial charge on any atom is -0.342 e. The van der Waals surface area contributed by atoms with Gasteiger partial charge in [-0.05, 0) is 12.5 Å². The van der Waals surface area contributed by atoms with Crippen LogP contribution in [0.1, 0.15) is 25.5 Å². The fourth-order valence-corrected chi connectivity index (χ4v) is 3.31. The Morgan fingerprint density at radius 2 is 1.76 bits per heavy atom. The highest BCUT2D eigenvalue weighted by Gasteiger charge is 2.28. The predicted molar refractivity (Wildman–Crippen MR) is 84.5 cm³/mol. The highest BCUT2D eigenvalue weighted by atomic mass is 32.2. The molecule has 1 rings (SSSR count). The average Bonchev–Trinajstić information content (AvgIpc) is 2.43. The van der Waals surface area contributed by atoms with Crippen molar-refractivity contribution >= 4 is 15.7 Å². The zero-order valence-corrected chi connectivity index (χ0v) is 13.8. The summed E-state index contributed by atoms with van der Waals surface area (Å²) in [5, 5.41) is 0. The van der Waals surface area contributed by atoms with Gasteiger partial charge in [0.1, 0.15) is 9.84 Å². The third kappa shape index (κ3) is 5.13. The van der Waals surface area contributed by atoms with Crippen molar-refractivity contribution in [2.45, 2.75) is 25.9 Å². The molecule has 0 saturated carbocycles. The molecule has 2 N–H and O–H groups in total. The third-order valence-electron chi connectivity index (χ3n) is 3.67. The van der Waals surface area contributed by atoms with Gasteiger partial charge in [-0.15, -0.1) is 0 Å². The van der Waals surface area contributed by atoms with E-state index in [9.17, 15) is 13.2 Å². The molecule has 0 spiro atoms. The van der Waals surface area contributed by atoms with Crippen LogP contribution in [0.3, 0.4) is 0 Å². The van der Waals surface area contributed by atoms with Crippen LogP contribution in [0.15, 0.2) is 30.3 Å². The van der Waals surface area contributed by atoms with Crippen LogP contribution in [0.2, 0.25) is 0 Å².